The number of thioether (sulfide) groups is 1. The molecular weight excluding hydrogens is 201 g/mol. The van der Waals surface area contributed by atoms with E-state index in [-0.39, 0.29) is 5.82 Å². The van der Waals surface area contributed by atoms with Gasteiger partial charge in [0, 0.05) is 12.8 Å². The van der Waals surface area contributed by atoms with Gasteiger partial charge in [-0.1, -0.05) is 13.8 Å². The van der Waals surface area contributed by atoms with Crippen molar-refractivity contribution in [3.63, 3.8) is 0 Å². The molecule has 0 aliphatic rings. The van der Waals surface area contributed by atoms with Gasteiger partial charge < -0.3 is 5.32 Å². The minimum absolute atomic E-state index is 0.352. The van der Waals surface area contributed by atoms with Crippen LogP contribution in [0.3, 0.4) is 0 Å². The van der Waals surface area contributed by atoms with Crippen molar-refractivity contribution in [2.45, 2.75) is 18.9 Å². The molecule has 0 saturated carbocycles. The molecule has 1 heterocycles. The Morgan fingerprint density at radius 3 is 2.86 bits per heavy atom. The first-order chi connectivity index (χ1) is 6.63. The van der Waals surface area contributed by atoms with E-state index >= 15 is 0 Å². The second-order valence-electron chi connectivity index (χ2n) is 3.30. The highest BCUT2D eigenvalue weighted by atomic mass is 32.2. The van der Waals surface area contributed by atoms with Crippen LogP contribution < -0.4 is 5.32 Å². The quantitative estimate of drug-likeness (QED) is 0.618. The molecule has 1 aromatic rings. The molecule has 3 nitrogen and oxygen atoms in total. The summed E-state index contributed by atoms with van der Waals surface area (Å²) in [5, 5.41) is 3.19. The predicted octanol–water partition coefficient (Wildman–Crippen LogP) is 2.41. The van der Waals surface area contributed by atoms with Gasteiger partial charge in [0.15, 0.2) is 5.82 Å². The molecule has 0 aliphatic carbocycles. The molecule has 0 aromatic carbocycles. The van der Waals surface area contributed by atoms with Crippen molar-refractivity contribution in [2.24, 2.45) is 5.92 Å². The molecule has 0 fully saturated rings. The molecule has 0 unspecified atom stereocenters. The standard InChI is InChI=1S/C9H14FN3S/c1-6(2)5-14-8-7(10)4-12-9(11-3)13-8/h4,6H,5H2,1-3H3,(H,11,12,13). The van der Waals surface area contributed by atoms with E-state index in [1.165, 1.54) is 18.0 Å². The lowest BCUT2D eigenvalue weighted by atomic mass is 10.3. The third-order valence-electron chi connectivity index (χ3n) is 1.49. The fourth-order valence-electron chi connectivity index (χ4n) is 0.819. The zero-order valence-electron chi connectivity index (χ0n) is 8.54. The molecule has 0 radical (unpaired) electrons. The van der Waals surface area contributed by atoms with Crippen molar-refractivity contribution in [1.29, 1.82) is 0 Å². The zero-order valence-corrected chi connectivity index (χ0v) is 9.36. The van der Waals surface area contributed by atoms with Gasteiger partial charge in [0.05, 0.1) is 6.20 Å². The Labute approximate surface area is 87.5 Å². The highest BCUT2D eigenvalue weighted by molar-refractivity contribution is 7.99. The maximum absolute atomic E-state index is 13.2. The fourth-order valence-corrected chi connectivity index (χ4v) is 1.65. The zero-order chi connectivity index (χ0) is 10.6. The molecule has 1 aromatic heterocycles. The molecule has 5 heteroatoms. The van der Waals surface area contributed by atoms with Gasteiger partial charge in [0.2, 0.25) is 5.95 Å². The Bertz CT molecular complexity index is 304. The van der Waals surface area contributed by atoms with Gasteiger partial charge in [-0.05, 0) is 5.92 Å². The number of nitrogens with zero attached hydrogens (tertiary/aromatic N) is 2. The van der Waals surface area contributed by atoms with Crippen LogP contribution in [-0.4, -0.2) is 22.8 Å². The average molecular weight is 215 g/mol. The Balaban J connectivity index is 2.73. The van der Waals surface area contributed by atoms with Gasteiger partial charge >= 0.3 is 0 Å². The first-order valence-corrected chi connectivity index (χ1v) is 5.45. The summed E-state index contributed by atoms with van der Waals surface area (Å²) in [6, 6.07) is 0. The van der Waals surface area contributed by atoms with Gasteiger partial charge in [0.25, 0.3) is 0 Å². The topological polar surface area (TPSA) is 37.8 Å². The number of rotatable bonds is 4. The van der Waals surface area contributed by atoms with Gasteiger partial charge in [-0.15, -0.1) is 11.8 Å². The first-order valence-electron chi connectivity index (χ1n) is 4.46. The molecule has 78 valence electrons. The number of aromatic nitrogens is 2. The lowest BCUT2D eigenvalue weighted by Gasteiger charge is -2.05. The highest BCUT2D eigenvalue weighted by Crippen LogP contribution is 2.21. The summed E-state index contributed by atoms with van der Waals surface area (Å²) >= 11 is 1.42. The van der Waals surface area contributed by atoms with Gasteiger partial charge in [-0.25, -0.2) is 14.4 Å². The van der Waals surface area contributed by atoms with Crippen LogP contribution in [-0.2, 0) is 0 Å². The van der Waals surface area contributed by atoms with Crippen LogP contribution in [0.1, 0.15) is 13.8 Å². The number of nitrogens with one attached hydrogen (secondary N) is 1. The molecule has 14 heavy (non-hydrogen) atoms. The van der Waals surface area contributed by atoms with E-state index in [9.17, 15) is 4.39 Å². The van der Waals surface area contributed by atoms with Crippen LogP contribution in [0.5, 0.6) is 0 Å². The van der Waals surface area contributed by atoms with E-state index in [2.05, 4.69) is 29.1 Å². The summed E-state index contributed by atoms with van der Waals surface area (Å²) in [6.45, 7) is 4.18. The van der Waals surface area contributed by atoms with Gasteiger partial charge in [0.1, 0.15) is 5.03 Å². The Morgan fingerprint density at radius 1 is 1.57 bits per heavy atom. The average Bonchev–Trinajstić information content (AvgIpc) is 2.16. The molecule has 1 N–H and O–H groups in total. The van der Waals surface area contributed by atoms with E-state index < -0.39 is 0 Å². The molecular formula is C9H14FN3S. The van der Waals surface area contributed by atoms with Crippen LogP contribution in [0.15, 0.2) is 11.2 Å². The van der Waals surface area contributed by atoms with E-state index in [0.29, 0.717) is 16.9 Å². The molecule has 0 saturated heterocycles. The normalized spacial score (nSPS) is 10.6. The van der Waals surface area contributed by atoms with Gasteiger partial charge in [-0.2, -0.15) is 0 Å². The number of halogens is 1. The first kappa shape index (κ1) is 11.2. The Morgan fingerprint density at radius 2 is 2.29 bits per heavy atom. The summed E-state index contributed by atoms with van der Waals surface area (Å²) in [7, 11) is 1.71. The van der Waals surface area contributed by atoms with Crippen molar-refractivity contribution in [3.8, 4) is 0 Å². The van der Waals surface area contributed by atoms with Crippen molar-refractivity contribution >= 4 is 17.7 Å². The maximum Gasteiger partial charge on any atom is 0.223 e. The maximum atomic E-state index is 13.2. The number of hydrogen-bond donors (Lipinski definition) is 1. The molecule has 0 aliphatic heterocycles. The van der Waals surface area contributed by atoms with Crippen molar-refractivity contribution in [3.05, 3.63) is 12.0 Å². The van der Waals surface area contributed by atoms with Crippen molar-refractivity contribution in [2.75, 3.05) is 18.1 Å². The molecule has 0 amide bonds. The molecule has 1 rings (SSSR count). The fraction of sp³-hybridized carbons (Fsp3) is 0.556. The Kier molecular flexibility index (Phi) is 4.13. The third kappa shape index (κ3) is 3.14. The van der Waals surface area contributed by atoms with E-state index in [1.807, 2.05) is 0 Å². The predicted molar refractivity (Wildman–Crippen MR) is 57.1 cm³/mol. The Hall–Kier alpha value is -0.840. The largest absolute Gasteiger partial charge is 0.357 e. The van der Waals surface area contributed by atoms with Crippen LogP contribution >= 0.6 is 11.8 Å². The van der Waals surface area contributed by atoms with Crippen LogP contribution in [0.2, 0.25) is 0 Å². The molecule has 0 atom stereocenters. The SMILES string of the molecule is CNc1ncc(F)c(SCC(C)C)n1. The summed E-state index contributed by atoms with van der Waals surface area (Å²) in [5.41, 5.74) is 0. The monoisotopic (exact) mass is 215 g/mol. The van der Waals surface area contributed by atoms with Crippen LogP contribution in [0.25, 0.3) is 0 Å². The summed E-state index contributed by atoms with van der Waals surface area (Å²) in [5.74, 6) is 1.48. The molecule has 0 bridgehead atoms. The van der Waals surface area contributed by atoms with E-state index in [4.69, 9.17) is 0 Å². The van der Waals surface area contributed by atoms with Gasteiger partial charge in [-0.3, -0.25) is 0 Å². The minimum Gasteiger partial charge on any atom is -0.357 e. The highest BCUT2D eigenvalue weighted by Gasteiger charge is 2.07. The summed E-state index contributed by atoms with van der Waals surface area (Å²) in [6.07, 6.45) is 1.20. The second kappa shape index (κ2) is 5.14. The number of anilines is 1. The van der Waals surface area contributed by atoms with E-state index in [1.54, 1.807) is 7.05 Å². The summed E-state index contributed by atoms with van der Waals surface area (Å²) < 4.78 is 13.2. The second-order valence-corrected chi connectivity index (χ2v) is 4.31. The van der Waals surface area contributed by atoms with Crippen molar-refractivity contribution < 1.29 is 4.39 Å². The third-order valence-corrected chi connectivity index (χ3v) is 2.88. The summed E-state index contributed by atoms with van der Waals surface area (Å²) in [4.78, 5) is 7.80. The lowest BCUT2D eigenvalue weighted by molar-refractivity contribution is 0.579. The molecule has 0 spiro atoms. The smallest absolute Gasteiger partial charge is 0.223 e. The van der Waals surface area contributed by atoms with Crippen LogP contribution in [0, 0.1) is 11.7 Å². The van der Waals surface area contributed by atoms with Crippen LogP contribution in [0.4, 0.5) is 10.3 Å². The lowest BCUT2D eigenvalue weighted by Crippen LogP contribution is -2.00. The van der Waals surface area contributed by atoms with Crippen molar-refractivity contribution in [1.82, 2.24) is 9.97 Å². The minimum atomic E-state index is -0.352. The number of hydrogen-bond acceptors (Lipinski definition) is 4. The van der Waals surface area contributed by atoms with E-state index in [0.717, 1.165) is 5.75 Å².